The number of halogens is 2. The fourth-order valence-corrected chi connectivity index (χ4v) is 2.01. The molecule has 0 saturated heterocycles. The number of esters is 1. The van der Waals surface area contributed by atoms with Crippen LogP contribution in [0.3, 0.4) is 0 Å². The Morgan fingerprint density at radius 2 is 2.00 bits per heavy atom. The van der Waals surface area contributed by atoms with E-state index >= 15 is 0 Å². The van der Waals surface area contributed by atoms with Crippen LogP contribution in [0.5, 0.6) is 0 Å². The van der Waals surface area contributed by atoms with Gasteiger partial charge in [-0.3, -0.25) is 10.1 Å². The molecule has 2 aromatic rings. The van der Waals surface area contributed by atoms with Gasteiger partial charge in [0.25, 0.3) is 5.69 Å². The molecule has 0 aliphatic rings. The maximum absolute atomic E-state index is 13.4. The second-order valence-electron chi connectivity index (χ2n) is 4.09. The van der Waals surface area contributed by atoms with Gasteiger partial charge in [-0.25, -0.2) is 9.18 Å². The molecule has 0 aliphatic heterocycles. The number of benzene rings is 2. The molecule has 21 heavy (non-hydrogen) atoms. The quantitative estimate of drug-likeness (QED) is 0.475. The van der Waals surface area contributed by atoms with E-state index in [9.17, 15) is 19.3 Å². The largest absolute Gasteiger partial charge is 0.457 e. The molecule has 2 rings (SSSR count). The normalized spacial score (nSPS) is 10.2. The van der Waals surface area contributed by atoms with E-state index in [1.165, 1.54) is 30.3 Å². The molecule has 0 spiro atoms. The molecule has 2 aromatic carbocycles. The van der Waals surface area contributed by atoms with Crippen molar-refractivity contribution in [2.24, 2.45) is 0 Å². The van der Waals surface area contributed by atoms with Crippen LogP contribution < -0.4 is 0 Å². The summed E-state index contributed by atoms with van der Waals surface area (Å²) in [4.78, 5) is 22.0. The molecule has 0 aliphatic carbocycles. The van der Waals surface area contributed by atoms with Crippen LogP contribution in [-0.4, -0.2) is 10.9 Å². The molecule has 0 bridgehead atoms. The average Bonchev–Trinajstić information content (AvgIpc) is 2.46. The first-order chi connectivity index (χ1) is 9.99. The molecule has 0 heterocycles. The lowest BCUT2D eigenvalue weighted by molar-refractivity contribution is -0.385. The Bertz CT molecular complexity index is 705. The molecule has 108 valence electrons. The first-order valence-corrected chi connectivity index (χ1v) is 6.63. The van der Waals surface area contributed by atoms with Crippen LogP contribution in [0.25, 0.3) is 0 Å². The lowest BCUT2D eigenvalue weighted by atomic mass is 10.2. The summed E-state index contributed by atoms with van der Waals surface area (Å²) in [7, 11) is 0. The number of carbonyl (C=O) groups excluding carboxylic acids is 1. The standard InChI is InChI=1S/C14H9BrFNO4/c15-11-6-5-9(7-13(11)17(19)20)14(18)21-8-10-3-1-2-4-12(10)16/h1-7H,8H2. The summed E-state index contributed by atoms with van der Waals surface area (Å²) < 4.78 is 18.6. The van der Waals surface area contributed by atoms with Crippen molar-refractivity contribution in [1.82, 2.24) is 0 Å². The summed E-state index contributed by atoms with van der Waals surface area (Å²) >= 11 is 3.02. The molecule has 0 N–H and O–H groups in total. The van der Waals surface area contributed by atoms with E-state index in [0.717, 1.165) is 6.07 Å². The first-order valence-electron chi connectivity index (χ1n) is 5.83. The van der Waals surface area contributed by atoms with Gasteiger partial charge in [-0.1, -0.05) is 18.2 Å². The Balaban J connectivity index is 2.12. The number of hydrogen-bond acceptors (Lipinski definition) is 4. The molecule has 0 unspecified atom stereocenters. The predicted octanol–water partition coefficient (Wildman–Crippen LogP) is 3.85. The van der Waals surface area contributed by atoms with E-state index < -0.39 is 16.7 Å². The maximum atomic E-state index is 13.4. The minimum atomic E-state index is -0.756. The minimum Gasteiger partial charge on any atom is -0.457 e. The summed E-state index contributed by atoms with van der Waals surface area (Å²) in [5, 5.41) is 10.8. The van der Waals surface area contributed by atoms with Crippen molar-refractivity contribution in [2.45, 2.75) is 6.61 Å². The number of carbonyl (C=O) groups is 1. The van der Waals surface area contributed by atoms with Crippen LogP contribution in [0.4, 0.5) is 10.1 Å². The molecule has 7 heteroatoms. The Hall–Kier alpha value is -2.28. The third kappa shape index (κ3) is 3.63. The van der Waals surface area contributed by atoms with Gasteiger partial charge in [0.15, 0.2) is 0 Å². The second kappa shape index (κ2) is 6.45. The molecule has 0 saturated carbocycles. The van der Waals surface area contributed by atoms with Crippen LogP contribution in [0.2, 0.25) is 0 Å². The zero-order valence-corrected chi connectivity index (χ0v) is 12.2. The molecule has 0 aromatic heterocycles. The van der Waals surface area contributed by atoms with E-state index in [0.29, 0.717) is 0 Å². The highest BCUT2D eigenvalue weighted by Gasteiger charge is 2.17. The third-order valence-corrected chi connectivity index (χ3v) is 3.37. The summed E-state index contributed by atoms with van der Waals surface area (Å²) in [5.41, 5.74) is 0.0223. The van der Waals surface area contributed by atoms with E-state index in [4.69, 9.17) is 4.74 Å². The molecule has 0 fully saturated rings. The number of nitro groups is 1. The minimum absolute atomic E-state index is 0.0289. The maximum Gasteiger partial charge on any atom is 0.338 e. The highest BCUT2D eigenvalue weighted by Crippen LogP contribution is 2.26. The van der Waals surface area contributed by atoms with Gasteiger partial charge in [-0.05, 0) is 34.1 Å². The van der Waals surface area contributed by atoms with Gasteiger partial charge in [0.05, 0.1) is 15.0 Å². The fourth-order valence-electron chi connectivity index (χ4n) is 1.62. The van der Waals surface area contributed by atoms with Gasteiger partial charge >= 0.3 is 5.97 Å². The van der Waals surface area contributed by atoms with Crippen molar-refractivity contribution in [3.05, 3.63) is 74.0 Å². The lowest BCUT2D eigenvalue weighted by Crippen LogP contribution is -2.07. The van der Waals surface area contributed by atoms with Crippen molar-refractivity contribution < 1.29 is 18.8 Å². The SMILES string of the molecule is O=C(OCc1ccccc1F)c1ccc(Br)c([N+](=O)[O-])c1. The number of ether oxygens (including phenoxy) is 1. The second-order valence-corrected chi connectivity index (χ2v) is 4.95. The van der Waals surface area contributed by atoms with Gasteiger partial charge in [0, 0.05) is 11.6 Å². The third-order valence-electron chi connectivity index (χ3n) is 2.70. The summed E-state index contributed by atoms with van der Waals surface area (Å²) in [6.07, 6.45) is 0. The van der Waals surface area contributed by atoms with Crippen molar-refractivity contribution in [3.8, 4) is 0 Å². The fraction of sp³-hybridized carbons (Fsp3) is 0.0714. The van der Waals surface area contributed by atoms with Crippen molar-refractivity contribution in [2.75, 3.05) is 0 Å². The molecular weight excluding hydrogens is 345 g/mol. The van der Waals surface area contributed by atoms with Gasteiger partial charge in [-0.15, -0.1) is 0 Å². The number of hydrogen-bond donors (Lipinski definition) is 0. The number of nitrogens with zero attached hydrogens (tertiary/aromatic N) is 1. The van der Waals surface area contributed by atoms with Crippen molar-refractivity contribution >= 4 is 27.6 Å². The van der Waals surface area contributed by atoms with Crippen LogP contribution in [0.1, 0.15) is 15.9 Å². The zero-order chi connectivity index (χ0) is 15.4. The Morgan fingerprint density at radius 3 is 2.67 bits per heavy atom. The highest BCUT2D eigenvalue weighted by molar-refractivity contribution is 9.10. The first kappa shape index (κ1) is 15.1. The smallest absolute Gasteiger partial charge is 0.338 e. The van der Waals surface area contributed by atoms with Crippen LogP contribution >= 0.6 is 15.9 Å². The van der Waals surface area contributed by atoms with Gasteiger partial charge in [-0.2, -0.15) is 0 Å². The van der Waals surface area contributed by atoms with Gasteiger partial charge < -0.3 is 4.74 Å². The average molecular weight is 354 g/mol. The van der Waals surface area contributed by atoms with Crippen LogP contribution in [0, 0.1) is 15.9 Å². The predicted molar refractivity (Wildman–Crippen MR) is 76.3 cm³/mol. The van der Waals surface area contributed by atoms with Gasteiger partial charge in [0.2, 0.25) is 0 Å². The van der Waals surface area contributed by atoms with Crippen molar-refractivity contribution in [1.29, 1.82) is 0 Å². The summed E-state index contributed by atoms with van der Waals surface area (Å²) in [5.74, 6) is -1.24. The summed E-state index contributed by atoms with van der Waals surface area (Å²) in [6, 6.07) is 9.78. The Labute approximate surface area is 127 Å². The molecule has 0 radical (unpaired) electrons. The molecule has 0 amide bonds. The molecule has 5 nitrogen and oxygen atoms in total. The van der Waals surface area contributed by atoms with E-state index in [1.54, 1.807) is 6.07 Å². The number of rotatable bonds is 4. The zero-order valence-electron chi connectivity index (χ0n) is 10.6. The van der Waals surface area contributed by atoms with E-state index in [1.807, 2.05) is 0 Å². The molecule has 0 atom stereocenters. The Morgan fingerprint density at radius 1 is 1.29 bits per heavy atom. The monoisotopic (exact) mass is 353 g/mol. The van der Waals surface area contributed by atoms with Crippen LogP contribution in [0.15, 0.2) is 46.9 Å². The lowest BCUT2D eigenvalue weighted by Gasteiger charge is -2.06. The van der Waals surface area contributed by atoms with Gasteiger partial charge in [0.1, 0.15) is 12.4 Å². The van der Waals surface area contributed by atoms with E-state index in [-0.39, 0.29) is 27.9 Å². The number of nitro benzene ring substituents is 1. The highest BCUT2D eigenvalue weighted by atomic mass is 79.9. The Kier molecular flexibility index (Phi) is 4.64. The topological polar surface area (TPSA) is 69.4 Å². The summed E-state index contributed by atoms with van der Waals surface area (Å²) in [6.45, 7) is -0.241. The van der Waals surface area contributed by atoms with E-state index in [2.05, 4.69) is 15.9 Å². The molecular formula is C14H9BrFNO4. The van der Waals surface area contributed by atoms with Crippen LogP contribution in [-0.2, 0) is 11.3 Å². The van der Waals surface area contributed by atoms with Crippen molar-refractivity contribution in [3.63, 3.8) is 0 Å².